The van der Waals surface area contributed by atoms with E-state index < -0.39 is 17.6 Å². The summed E-state index contributed by atoms with van der Waals surface area (Å²) >= 11 is 0. The number of rotatable bonds is 9. The van der Waals surface area contributed by atoms with Gasteiger partial charge in [-0.1, -0.05) is 57.5 Å². The van der Waals surface area contributed by atoms with Gasteiger partial charge in [0.05, 0.1) is 0 Å². The molecule has 0 bridgehead atoms. The Balaban J connectivity index is 2.93. The van der Waals surface area contributed by atoms with Crippen LogP contribution in [0, 0.1) is 0 Å². The molecule has 1 rings (SSSR count). The molecule has 1 N–H and O–H groups in total. The van der Waals surface area contributed by atoms with Crippen LogP contribution in [0.25, 0.3) is 0 Å². The highest BCUT2D eigenvalue weighted by Crippen LogP contribution is 2.28. The van der Waals surface area contributed by atoms with Gasteiger partial charge in [0.2, 0.25) is 0 Å². The number of amides is 1. The maximum Gasteiger partial charge on any atom is 0.411 e. The van der Waals surface area contributed by atoms with Gasteiger partial charge in [0.15, 0.2) is 0 Å². The predicted molar refractivity (Wildman–Crippen MR) is 89.2 cm³/mol. The fraction of sp³-hybridized carbons (Fsp3) is 0.556. The number of nitrogens with zero attached hydrogens (tertiary/aromatic N) is 1. The topological polar surface area (TPSA) is 66.8 Å². The van der Waals surface area contributed by atoms with Gasteiger partial charge in [0.1, 0.15) is 12.1 Å². The molecule has 1 aromatic carbocycles. The van der Waals surface area contributed by atoms with E-state index in [4.69, 9.17) is 4.74 Å². The Morgan fingerprint density at radius 3 is 2.26 bits per heavy atom. The Morgan fingerprint density at radius 1 is 1.13 bits per heavy atom. The molecule has 5 heteroatoms. The Labute approximate surface area is 138 Å². The van der Waals surface area contributed by atoms with E-state index >= 15 is 0 Å². The van der Waals surface area contributed by atoms with E-state index in [1.165, 1.54) is 4.90 Å². The number of carbonyl (C=O) groups is 2. The third-order valence-corrected chi connectivity index (χ3v) is 4.04. The van der Waals surface area contributed by atoms with Crippen LogP contribution < -0.4 is 0 Å². The first-order valence-electron chi connectivity index (χ1n) is 8.23. The molecule has 0 saturated heterocycles. The molecule has 23 heavy (non-hydrogen) atoms. The van der Waals surface area contributed by atoms with Gasteiger partial charge >= 0.3 is 12.1 Å². The Hall–Kier alpha value is -2.04. The number of hydrogen-bond acceptors (Lipinski definition) is 3. The van der Waals surface area contributed by atoms with Crippen molar-refractivity contribution in [2.75, 3.05) is 6.54 Å². The van der Waals surface area contributed by atoms with Crippen LogP contribution in [0.4, 0.5) is 4.79 Å². The van der Waals surface area contributed by atoms with Gasteiger partial charge in [-0.25, -0.2) is 9.59 Å². The normalized spacial score (nSPS) is 13.2. The van der Waals surface area contributed by atoms with Gasteiger partial charge in [-0.15, -0.1) is 0 Å². The summed E-state index contributed by atoms with van der Waals surface area (Å²) in [5, 5.41) is 9.74. The molecule has 0 aliphatic carbocycles. The van der Waals surface area contributed by atoms with Crippen molar-refractivity contribution >= 4 is 12.1 Å². The Kier molecular flexibility index (Phi) is 7.59. The van der Waals surface area contributed by atoms with E-state index in [2.05, 4.69) is 0 Å². The highest BCUT2D eigenvalue weighted by molar-refractivity contribution is 5.84. The quantitative estimate of drug-likeness (QED) is 0.744. The molecule has 128 valence electrons. The predicted octanol–water partition coefficient (Wildman–Crippen LogP) is 4.07. The lowest BCUT2D eigenvalue weighted by molar-refractivity contribution is -0.151. The summed E-state index contributed by atoms with van der Waals surface area (Å²) in [7, 11) is 0. The van der Waals surface area contributed by atoms with Crippen LogP contribution in [-0.4, -0.2) is 34.2 Å². The van der Waals surface area contributed by atoms with E-state index in [1.807, 2.05) is 44.2 Å². The first kappa shape index (κ1) is 19.0. The van der Waals surface area contributed by atoms with Crippen LogP contribution in [0.3, 0.4) is 0 Å². The van der Waals surface area contributed by atoms with Gasteiger partial charge in [0.25, 0.3) is 0 Å². The monoisotopic (exact) mass is 321 g/mol. The van der Waals surface area contributed by atoms with E-state index in [1.54, 1.807) is 6.92 Å². The molecular formula is C18H27NO4. The molecule has 0 radical (unpaired) electrons. The summed E-state index contributed by atoms with van der Waals surface area (Å²) in [5.41, 5.74) is -0.316. The number of ether oxygens (including phenoxy) is 1. The van der Waals surface area contributed by atoms with Crippen molar-refractivity contribution < 1.29 is 19.4 Å². The van der Waals surface area contributed by atoms with Crippen molar-refractivity contribution in [1.29, 1.82) is 0 Å². The highest BCUT2D eigenvalue weighted by Gasteiger charge is 2.44. The Bertz CT molecular complexity index is 503. The number of carbonyl (C=O) groups excluding carboxylic acids is 1. The van der Waals surface area contributed by atoms with E-state index in [-0.39, 0.29) is 6.61 Å². The van der Waals surface area contributed by atoms with Crippen molar-refractivity contribution in [3.05, 3.63) is 35.9 Å². The fourth-order valence-corrected chi connectivity index (χ4v) is 2.79. The second-order valence-corrected chi connectivity index (χ2v) is 5.63. The average Bonchev–Trinajstić information content (AvgIpc) is 2.56. The van der Waals surface area contributed by atoms with Gasteiger partial charge in [0, 0.05) is 6.54 Å². The second kappa shape index (κ2) is 9.18. The first-order chi connectivity index (χ1) is 11.0. The summed E-state index contributed by atoms with van der Waals surface area (Å²) in [6.45, 7) is 6.16. The minimum atomic E-state index is -1.20. The minimum absolute atomic E-state index is 0.144. The van der Waals surface area contributed by atoms with Crippen molar-refractivity contribution in [2.24, 2.45) is 0 Å². The second-order valence-electron chi connectivity index (χ2n) is 5.63. The third-order valence-electron chi connectivity index (χ3n) is 4.04. The van der Waals surface area contributed by atoms with Crippen LogP contribution in [0.2, 0.25) is 0 Å². The molecule has 1 aromatic rings. The summed E-state index contributed by atoms with van der Waals surface area (Å²) in [6.07, 6.45) is 1.58. The smallest absolute Gasteiger partial charge is 0.411 e. The van der Waals surface area contributed by atoms with Crippen LogP contribution in [0.1, 0.15) is 52.0 Å². The van der Waals surface area contributed by atoms with Gasteiger partial charge in [-0.05, 0) is 24.8 Å². The lowest BCUT2D eigenvalue weighted by atomic mass is 9.88. The summed E-state index contributed by atoms with van der Waals surface area (Å²) in [6, 6.07) is 9.37. The minimum Gasteiger partial charge on any atom is -0.479 e. The number of benzene rings is 1. The zero-order chi connectivity index (χ0) is 17.3. The maximum absolute atomic E-state index is 12.5. The molecule has 0 heterocycles. The SMILES string of the molecule is CCCN(C(=O)OCc1ccccc1)C(CC)(CCC)C(=O)O. The lowest BCUT2D eigenvalue weighted by Gasteiger charge is -2.39. The van der Waals surface area contributed by atoms with Gasteiger partial charge < -0.3 is 9.84 Å². The first-order valence-corrected chi connectivity index (χ1v) is 8.23. The Morgan fingerprint density at radius 2 is 1.78 bits per heavy atom. The van der Waals surface area contributed by atoms with E-state index in [0.29, 0.717) is 32.2 Å². The zero-order valence-electron chi connectivity index (χ0n) is 14.2. The summed E-state index contributed by atoms with van der Waals surface area (Å²) in [4.78, 5) is 25.8. The average molecular weight is 321 g/mol. The molecule has 0 saturated carbocycles. The summed E-state index contributed by atoms with van der Waals surface area (Å²) < 4.78 is 5.37. The van der Waals surface area contributed by atoms with Crippen molar-refractivity contribution in [1.82, 2.24) is 4.90 Å². The zero-order valence-corrected chi connectivity index (χ0v) is 14.2. The van der Waals surface area contributed by atoms with Crippen molar-refractivity contribution in [3.8, 4) is 0 Å². The molecular weight excluding hydrogens is 294 g/mol. The molecule has 0 aromatic heterocycles. The molecule has 0 aliphatic heterocycles. The third kappa shape index (κ3) is 4.71. The van der Waals surface area contributed by atoms with Crippen LogP contribution in [0.5, 0.6) is 0 Å². The summed E-state index contributed by atoms with van der Waals surface area (Å²) in [5.74, 6) is -0.966. The van der Waals surface area contributed by atoms with Gasteiger partial charge in [-0.2, -0.15) is 0 Å². The van der Waals surface area contributed by atoms with E-state index in [0.717, 1.165) is 5.56 Å². The van der Waals surface area contributed by atoms with Crippen molar-refractivity contribution in [2.45, 2.75) is 58.6 Å². The van der Waals surface area contributed by atoms with Crippen molar-refractivity contribution in [3.63, 3.8) is 0 Å². The highest BCUT2D eigenvalue weighted by atomic mass is 16.6. The van der Waals surface area contributed by atoms with Crippen LogP contribution in [-0.2, 0) is 16.1 Å². The molecule has 5 nitrogen and oxygen atoms in total. The number of hydrogen-bond donors (Lipinski definition) is 1. The maximum atomic E-state index is 12.5. The number of carboxylic acids is 1. The molecule has 1 unspecified atom stereocenters. The molecule has 1 atom stereocenters. The van der Waals surface area contributed by atoms with Crippen LogP contribution in [0.15, 0.2) is 30.3 Å². The number of carboxylic acid groups (broad SMARTS) is 1. The lowest BCUT2D eigenvalue weighted by Crippen LogP contribution is -2.57. The van der Waals surface area contributed by atoms with Crippen LogP contribution >= 0.6 is 0 Å². The van der Waals surface area contributed by atoms with Gasteiger partial charge in [-0.3, -0.25) is 4.90 Å². The fourth-order valence-electron chi connectivity index (χ4n) is 2.79. The molecule has 0 aliphatic rings. The molecule has 0 fully saturated rings. The number of aliphatic carboxylic acids is 1. The molecule has 0 spiro atoms. The standard InChI is InChI=1S/C18H27NO4/c1-4-12-18(6-3,16(20)21)19(13-5-2)17(22)23-14-15-10-8-7-9-11-15/h7-11H,4-6,12-14H2,1-3H3,(H,20,21). The largest absolute Gasteiger partial charge is 0.479 e. The van der Waals surface area contributed by atoms with E-state index in [9.17, 15) is 14.7 Å². The molecule has 1 amide bonds.